The summed E-state index contributed by atoms with van der Waals surface area (Å²) >= 11 is 7.49. The molecule has 0 aliphatic rings. The van der Waals surface area contributed by atoms with Gasteiger partial charge < -0.3 is 11.1 Å². The lowest BCUT2D eigenvalue weighted by atomic mass is 10.3. The number of hydrogen-bond donors (Lipinski definition) is 2. The number of nitrogen functional groups attached to an aromatic ring is 1. The summed E-state index contributed by atoms with van der Waals surface area (Å²) in [4.78, 5) is 12.9. The van der Waals surface area contributed by atoms with E-state index in [1.165, 1.54) is 0 Å². The zero-order valence-electron chi connectivity index (χ0n) is 10.8. The number of benzene rings is 2. The summed E-state index contributed by atoms with van der Waals surface area (Å²) in [5.74, 6) is 0.700. The van der Waals surface area contributed by atoms with E-state index in [1.54, 1.807) is 30.0 Å². The van der Waals surface area contributed by atoms with Crippen molar-refractivity contribution in [3.05, 3.63) is 53.6 Å². The Labute approximate surface area is 127 Å². The maximum atomic E-state index is 11.8. The van der Waals surface area contributed by atoms with Crippen LogP contribution in [0.4, 0.5) is 11.4 Å². The average molecular weight is 307 g/mol. The Balaban J connectivity index is 1.76. The first kappa shape index (κ1) is 14.8. The normalized spacial score (nSPS) is 10.2. The second kappa shape index (κ2) is 7.22. The number of nitrogens with two attached hydrogens (primary N) is 1. The van der Waals surface area contributed by atoms with Gasteiger partial charge in [-0.1, -0.05) is 17.7 Å². The van der Waals surface area contributed by atoms with E-state index in [4.69, 9.17) is 17.3 Å². The SMILES string of the molecule is Nc1ccc(SCCC(=O)Nc2cccc(Cl)c2)cc1. The Bertz CT molecular complexity index is 587. The van der Waals surface area contributed by atoms with Gasteiger partial charge >= 0.3 is 0 Å². The van der Waals surface area contributed by atoms with E-state index in [9.17, 15) is 4.79 Å². The number of amides is 1. The van der Waals surface area contributed by atoms with Crippen LogP contribution in [0.2, 0.25) is 5.02 Å². The van der Waals surface area contributed by atoms with E-state index in [0.29, 0.717) is 11.4 Å². The molecule has 0 unspecified atom stereocenters. The summed E-state index contributed by atoms with van der Waals surface area (Å²) in [5.41, 5.74) is 7.08. The third kappa shape index (κ3) is 4.79. The number of thioether (sulfide) groups is 1. The van der Waals surface area contributed by atoms with E-state index in [2.05, 4.69) is 5.32 Å². The Hall–Kier alpha value is -1.65. The van der Waals surface area contributed by atoms with Gasteiger partial charge in [-0.25, -0.2) is 0 Å². The molecule has 0 atom stereocenters. The van der Waals surface area contributed by atoms with Crippen molar-refractivity contribution in [3.8, 4) is 0 Å². The summed E-state index contributed by atoms with van der Waals surface area (Å²) < 4.78 is 0. The van der Waals surface area contributed by atoms with Crippen LogP contribution in [0.1, 0.15) is 6.42 Å². The van der Waals surface area contributed by atoms with Crippen LogP contribution in [0, 0.1) is 0 Å². The van der Waals surface area contributed by atoms with Crippen molar-refractivity contribution in [3.63, 3.8) is 0 Å². The van der Waals surface area contributed by atoms with Crippen LogP contribution in [0.15, 0.2) is 53.4 Å². The topological polar surface area (TPSA) is 55.1 Å². The molecule has 0 saturated carbocycles. The average Bonchev–Trinajstić information content (AvgIpc) is 2.41. The van der Waals surface area contributed by atoms with Gasteiger partial charge in [-0.05, 0) is 42.5 Å². The minimum Gasteiger partial charge on any atom is -0.399 e. The summed E-state index contributed by atoms with van der Waals surface area (Å²) in [6.07, 6.45) is 0.446. The quantitative estimate of drug-likeness (QED) is 0.647. The van der Waals surface area contributed by atoms with Gasteiger partial charge in [-0.2, -0.15) is 0 Å². The first-order chi connectivity index (χ1) is 9.63. The van der Waals surface area contributed by atoms with Crippen LogP contribution >= 0.6 is 23.4 Å². The van der Waals surface area contributed by atoms with E-state index in [-0.39, 0.29) is 5.91 Å². The number of halogens is 1. The predicted octanol–water partition coefficient (Wildman–Crippen LogP) is 4.04. The number of carbonyl (C=O) groups excluding carboxylic acids is 1. The lowest BCUT2D eigenvalue weighted by Gasteiger charge is -2.05. The fourth-order valence-corrected chi connectivity index (χ4v) is 2.66. The molecule has 2 aromatic carbocycles. The molecule has 3 nitrogen and oxygen atoms in total. The molecule has 0 bridgehead atoms. The van der Waals surface area contributed by atoms with Crippen LogP contribution in [-0.2, 0) is 4.79 Å². The lowest BCUT2D eigenvalue weighted by Crippen LogP contribution is -2.12. The predicted molar refractivity (Wildman–Crippen MR) is 86.3 cm³/mol. The molecular formula is C15H15ClN2OS. The Morgan fingerprint density at radius 2 is 1.95 bits per heavy atom. The molecule has 0 aromatic heterocycles. The molecule has 0 saturated heterocycles. The Morgan fingerprint density at radius 1 is 1.20 bits per heavy atom. The second-order valence-electron chi connectivity index (χ2n) is 4.23. The summed E-state index contributed by atoms with van der Waals surface area (Å²) in [6.45, 7) is 0. The molecule has 0 aliphatic heterocycles. The molecule has 1 amide bonds. The molecule has 3 N–H and O–H groups in total. The largest absolute Gasteiger partial charge is 0.399 e. The lowest BCUT2D eigenvalue weighted by molar-refractivity contribution is -0.115. The Kier molecular flexibility index (Phi) is 5.32. The van der Waals surface area contributed by atoms with Crippen LogP contribution in [0.3, 0.4) is 0 Å². The molecule has 2 rings (SSSR count). The molecule has 0 spiro atoms. The van der Waals surface area contributed by atoms with E-state index >= 15 is 0 Å². The van der Waals surface area contributed by atoms with Crippen molar-refractivity contribution in [2.24, 2.45) is 0 Å². The second-order valence-corrected chi connectivity index (χ2v) is 5.83. The van der Waals surface area contributed by atoms with Gasteiger partial charge in [0.2, 0.25) is 5.91 Å². The third-order valence-electron chi connectivity index (χ3n) is 2.59. The highest BCUT2D eigenvalue weighted by atomic mass is 35.5. The van der Waals surface area contributed by atoms with Crippen LogP contribution in [-0.4, -0.2) is 11.7 Å². The van der Waals surface area contributed by atoms with Crippen molar-refractivity contribution < 1.29 is 4.79 Å². The van der Waals surface area contributed by atoms with Crippen molar-refractivity contribution in [2.45, 2.75) is 11.3 Å². The summed E-state index contributed by atoms with van der Waals surface area (Å²) in [5, 5.41) is 3.43. The maximum Gasteiger partial charge on any atom is 0.225 e. The van der Waals surface area contributed by atoms with Gasteiger partial charge in [0.1, 0.15) is 0 Å². The smallest absolute Gasteiger partial charge is 0.225 e. The van der Waals surface area contributed by atoms with Crippen molar-refractivity contribution in [1.29, 1.82) is 0 Å². The van der Waals surface area contributed by atoms with E-state index < -0.39 is 0 Å². The standard InChI is InChI=1S/C15H15ClN2OS/c16-11-2-1-3-13(10-11)18-15(19)8-9-20-14-6-4-12(17)5-7-14/h1-7,10H,8-9,17H2,(H,18,19). The van der Waals surface area contributed by atoms with Gasteiger partial charge in [-0.15, -0.1) is 11.8 Å². The van der Waals surface area contributed by atoms with E-state index in [0.717, 1.165) is 22.0 Å². The minimum absolute atomic E-state index is 0.0183. The summed E-state index contributed by atoms with van der Waals surface area (Å²) in [6, 6.07) is 14.7. The third-order valence-corrected chi connectivity index (χ3v) is 3.84. The van der Waals surface area contributed by atoms with Gasteiger partial charge in [0.25, 0.3) is 0 Å². The highest BCUT2D eigenvalue weighted by Crippen LogP contribution is 2.20. The summed E-state index contributed by atoms with van der Waals surface area (Å²) in [7, 11) is 0. The van der Waals surface area contributed by atoms with Crippen LogP contribution < -0.4 is 11.1 Å². The van der Waals surface area contributed by atoms with Gasteiger partial charge in [0, 0.05) is 33.5 Å². The van der Waals surface area contributed by atoms with Crippen LogP contribution in [0.5, 0.6) is 0 Å². The molecule has 0 aliphatic carbocycles. The number of nitrogens with one attached hydrogen (secondary N) is 1. The van der Waals surface area contributed by atoms with Gasteiger partial charge in [0.05, 0.1) is 0 Å². The number of anilines is 2. The number of rotatable bonds is 5. The molecule has 5 heteroatoms. The Morgan fingerprint density at radius 3 is 2.65 bits per heavy atom. The monoisotopic (exact) mass is 306 g/mol. The highest BCUT2D eigenvalue weighted by Gasteiger charge is 2.03. The van der Waals surface area contributed by atoms with Crippen molar-refractivity contribution in [2.75, 3.05) is 16.8 Å². The van der Waals surface area contributed by atoms with E-state index in [1.807, 2.05) is 30.3 Å². The minimum atomic E-state index is -0.0183. The first-order valence-electron chi connectivity index (χ1n) is 6.17. The van der Waals surface area contributed by atoms with Gasteiger partial charge in [-0.3, -0.25) is 4.79 Å². The van der Waals surface area contributed by atoms with Gasteiger partial charge in [0.15, 0.2) is 0 Å². The molecule has 104 valence electrons. The van der Waals surface area contributed by atoms with Crippen LogP contribution in [0.25, 0.3) is 0 Å². The molecular weight excluding hydrogens is 292 g/mol. The highest BCUT2D eigenvalue weighted by molar-refractivity contribution is 7.99. The molecule has 2 aromatic rings. The number of carbonyl (C=O) groups is 1. The number of hydrogen-bond acceptors (Lipinski definition) is 3. The fourth-order valence-electron chi connectivity index (χ4n) is 1.62. The molecule has 0 fully saturated rings. The van der Waals surface area contributed by atoms with Crippen molar-refractivity contribution >= 4 is 40.6 Å². The maximum absolute atomic E-state index is 11.8. The first-order valence-corrected chi connectivity index (χ1v) is 7.53. The molecule has 0 radical (unpaired) electrons. The van der Waals surface area contributed by atoms with Crippen molar-refractivity contribution in [1.82, 2.24) is 0 Å². The molecule has 0 heterocycles. The zero-order valence-corrected chi connectivity index (χ0v) is 12.4. The molecule has 20 heavy (non-hydrogen) atoms. The zero-order chi connectivity index (χ0) is 14.4. The fraction of sp³-hybridized carbons (Fsp3) is 0.133.